The molecule has 0 spiro atoms. The molecule has 0 amide bonds. The van der Waals surface area contributed by atoms with Crippen LogP contribution in [0, 0.1) is 11.3 Å². The highest BCUT2D eigenvalue weighted by molar-refractivity contribution is 7.57. The van der Waals surface area contributed by atoms with E-state index in [1.807, 2.05) is 47.6 Å². The van der Waals surface area contributed by atoms with Crippen molar-refractivity contribution in [2.75, 3.05) is 7.11 Å². The van der Waals surface area contributed by atoms with Crippen molar-refractivity contribution >= 4 is 7.60 Å². The van der Waals surface area contributed by atoms with Crippen molar-refractivity contribution in [3.05, 3.63) is 11.9 Å². The Labute approximate surface area is 158 Å². The van der Waals surface area contributed by atoms with Gasteiger partial charge in [-0.05, 0) is 47.5 Å². The minimum absolute atomic E-state index is 0.104. The van der Waals surface area contributed by atoms with Gasteiger partial charge in [0.1, 0.15) is 6.10 Å². The molecular weight excluding hydrogens is 355 g/mol. The summed E-state index contributed by atoms with van der Waals surface area (Å²) >= 11 is 0. The van der Waals surface area contributed by atoms with Gasteiger partial charge in [0.25, 0.3) is 0 Å². The Hall–Kier alpha value is -0.230. The van der Waals surface area contributed by atoms with Crippen LogP contribution in [0.4, 0.5) is 0 Å². The summed E-state index contributed by atoms with van der Waals surface area (Å²) in [5.41, 5.74) is -0.421. The largest absolute Gasteiger partial charge is 0.378 e. The van der Waals surface area contributed by atoms with Crippen LogP contribution in [0.2, 0.25) is 0 Å². The zero-order valence-electron chi connectivity index (χ0n) is 17.5. The van der Waals surface area contributed by atoms with Crippen LogP contribution in [-0.4, -0.2) is 43.4 Å². The Morgan fingerprint density at radius 2 is 1.58 bits per heavy atom. The minimum Gasteiger partial charge on any atom is -0.378 e. The molecule has 1 saturated carbocycles. The quantitative estimate of drug-likeness (QED) is 0.586. The second-order valence-electron chi connectivity index (χ2n) is 8.54. The maximum Gasteiger partial charge on any atom is 0.354 e. The van der Waals surface area contributed by atoms with Crippen molar-refractivity contribution in [1.82, 2.24) is 0 Å². The predicted octanol–water partition coefficient (Wildman–Crippen LogP) is 4.73. The molecule has 0 N–H and O–H groups in total. The van der Waals surface area contributed by atoms with E-state index in [4.69, 9.17) is 23.3 Å². The molecule has 7 heteroatoms. The summed E-state index contributed by atoms with van der Waals surface area (Å²) in [6, 6.07) is 0. The van der Waals surface area contributed by atoms with Crippen LogP contribution in [0.3, 0.4) is 0 Å². The Balaban J connectivity index is 2.34. The van der Waals surface area contributed by atoms with E-state index < -0.39 is 18.8 Å². The molecule has 0 unspecified atom stereocenters. The number of methoxy groups -OCH3 is 1. The van der Waals surface area contributed by atoms with Crippen LogP contribution in [0.15, 0.2) is 11.9 Å². The van der Waals surface area contributed by atoms with Crippen LogP contribution < -0.4 is 0 Å². The van der Waals surface area contributed by atoms with Crippen molar-refractivity contribution in [2.24, 2.45) is 11.3 Å². The molecule has 152 valence electrons. The molecule has 0 aromatic rings. The zero-order chi connectivity index (χ0) is 19.9. The summed E-state index contributed by atoms with van der Waals surface area (Å²) in [5, 5.41) is 0. The van der Waals surface area contributed by atoms with Crippen LogP contribution in [0.1, 0.15) is 55.4 Å². The monoisotopic (exact) mass is 390 g/mol. The zero-order valence-corrected chi connectivity index (χ0v) is 18.4. The van der Waals surface area contributed by atoms with E-state index in [1.165, 1.54) is 0 Å². The molecule has 5 atom stereocenters. The van der Waals surface area contributed by atoms with E-state index >= 15 is 0 Å². The highest BCUT2D eigenvalue weighted by Crippen LogP contribution is 2.57. The molecule has 2 rings (SSSR count). The fraction of sp³-hybridized carbons (Fsp3) is 0.895. The van der Waals surface area contributed by atoms with Crippen molar-refractivity contribution in [1.29, 1.82) is 0 Å². The Morgan fingerprint density at radius 3 is 2.04 bits per heavy atom. The van der Waals surface area contributed by atoms with Gasteiger partial charge < -0.3 is 23.3 Å². The van der Waals surface area contributed by atoms with E-state index in [1.54, 1.807) is 12.9 Å². The number of hydrogen-bond donors (Lipinski definition) is 0. The molecule has 2 aliphatic rings. The van der Waals surface area contributed by atoms with E-state index in [9.17, 15) is 4.57 Å². The first-order chi connectivity index (χ1) is 11.8. The molecule has 1 saturated heterocycles. The first-order valence-corrected chi connectivity index (χ1v) is 11.0. The second-order valence-corrected chi connectivity index (χ2v) is 10.3. The van der Waals surface area contributed by atoms with Gasteiger partial charge in [-0.2, -0.15) is 0 Å². The topological polar surface area (TPSA) is 63.2 Å². The second kappa shape index (κ2) is 7.65. The fourth-order valence-corrected chi connectivity index (χ4v) is 5.80. The number of rotatable bonds is 7. The van der Waals surface area contributed by atoms with Crippen LogP contribution in [0.25, 0.3) is 0 Å². The third kappa shape index (κ3) is 4.43. The van der Waals surface area contributed by atoms with Gasteiger partial charge in [0.05, 0.1) is 24.4 Å². The molecule has 0 bridgehead atoms. The normalized spacial score (nSPS) is 37.2. The van der Waals surface area contributed by atoms with Crippen molar-refractivity contribution < 1.29 is 27.8 Å². The summed E-state index contributed by atoms with van der Waals surface area (Å²) in [4.78, 5) is 0. The third-order valence-corrected chi connectivity index (χ3v) is 7.09. The van der Waals surface area contributed by atoms with E-state index in [2.05, 4.69) is 13.8 Å². The average molecular weight is 390 g/mol. The van der Waals surface area contributed by atoms with E-state index in [-0.39, 0.29) is 36.4 Å². The van der Waals surface area contributed by atoms with E-state index in [0.717, 1.165) is 0 Å². The Morgan fingerprint density at radius 1 is 1.04 bits per heavy atom. The lowest BCUT2D eigenvalue weighted by Crippen LogP contribution is -2.36. The average Bonchev–Trinajstić information content (AvgIpc) is 2.87. The van der Waals surface area contributed by atoms with Crippen LogP contribution in [0.5, 0.6) is 0 Å². The standard InChI is InChI=1S/C19H35O6P/c1-12(2)24-26(20,25-13(3)4)11-10-19(8)14(5)15(21-9)16-17(19)23-18(6,7)22-16/h10-17H,1-9H3/b11-10+/t14-,15+,16+,17+,19+/m1/s1. The highest BCUT2D eigenvalue weighted by atomic mass is 31.2. The third-order valence-electron chi connectivity index (χ3n) is 5.14. The summed E-state index contributed by atoms with van der Waals surface area (Å²) in [6.45, 7) is 15.4. The number of ether oxygens (including phenoxy) is 3. The number of hydrogen-bond acceptors (Lipinski definition) is 6. The van der Waals surface area contributed by atoms with Gasteiger partial charge in [0.15, 0.2) is 5.79 Å². The molecular formula is C19H35O6P. The SMILES string of the molecule is CO[C@@H]1[C@@H]2OC(C)(C)O[C@@H]2[C@@](C)(/C=C/P(=O)(OC(C)C)OC(C)C)[C@@H]1C. The Kier molecular flexibility index (Phi) is 6.49. The minimum atomic E-state index is -3.37. The van der Waals surface area contributed by atoms with Crippen molar-refractivity contribution in [2.45, 2.75) is 91.7 Å². The smallest absolute Gasteiger partial charge is 0.354 e. The molecule has 0 aromatic carbocycles. The van der Waals surface area contributed by atoms with Gasteiger partial charge in [-0.1, -0.05) is 19.9 Å². The predicted molar refractivity (Wildman–Crippen MR) is 101 cm³/mol. The molecule has 2 fully saturated rings. The van der Waals surface area contributed by atoms with Gasteiger partial charge in [-0.3, -0.25) is 4.57 Å². The Bertz CT molecular complexity index is 558. The number of fused-ring (bicyclic) bond motifs is 1. The maximum absolute atomic E-state index is 13.2. The maximum atomic E-state index is 13.2. The lowest BCUT2D eigenvalue weighted by atomic mass is 9.79. The first-order valence-electron chi connectivity index (χ1n) is 9.39. The van der Waals surface area contributed by atoms with Crippen LogP contribution >= 0.6 is 7.60 Å². The summed E-state index contributed by atoms with van der Waals surface area (Å²) in [5.74, 6) is 1.03. The molecule has 1 heterocycles. The molecule has 26 heavy (non-hydrogen) atoms. The van der Waals surface area contributed by atoms with Gasteiger partial charge in [0.2, 0.25) is 0 Å². The molecule has 0 aromatic heterocycles. The van der Waals surface area contributed by atoms with Gasteiger partial charge in [-0.15, -0.1) is 0 Å². The van der Waals surface area contributed by atoms with Gasteiger partial charge >= 0.3 is 7.60 Å². The fourth-order valence-electron chi connectivity index (χ4n) is 3.93. The molecule has 6 nitrogen and oxygen atoms in total. The summed E-state index contributed by atoms with van der Waals surface area (Å²) in [6.07, 6.45) is 1.04. The lowest BCUT2D eigenvalue weighted by molar-refractivity contribution is -0.180. The van der Waals surface area contributed by atoms with Gasteiger partial charge in [-0.25, -0.2) is 0 Å². The molecule has 1 aliphatic carbocycles. The van der Waals surface area contributed by atoms with Crippen LogP contribution in [-0.2, 0) is 27.8 Å². The van der Waals surface area contributed by atoms with Gasteiger partial charge in [0, 0.05) is 18.3 Å². The lowest BCUT2D eigenvalue weighted by Gasteiger charge is -2.34. The van der Waals surface area contributed by atoms with Crippen molar-refractivity contribution in [3.63, 3.8) is 0 Å². The highest BCUT2D eigenvalue weighted by Gasteiger charge is 2.62. The molecule has 1 aliphatic heterocycles. The first kappa shape index (κ1) is 22.1. The summed E-state index contributed by atoms with van der Waals surface area (Å²) < 4.78 is 42.5. The summed E-state index contributed by atoms with van der Waals surface area (Å²) in [7, 11) is -1.68. The van der Waals surface area contributed by atoms with Crippen molar-refractivity contribution in [3.8, 4) is 0 Å². The van der Waals surface area contributed by atoms with E-state index in [0.29, 0.717) is 0 Å². The molecule has 0 radical (unpaired) electrons.